The summed E-state index contributed by atoms with van der Waals surface area (Å²) in [6.07, 6.45) is -0.0895. The number of hydrogen-bond acceptors (Lipinski definition) is 3. The lowest BCUT2D eigenvalue weighted by atomic mass is 10.1. The molecule has 0 bridgehead atoms. The third-order valence-electron chi connectivity index (χ3n) is 3.47. The molecule has 124 valence electrons. The number of nitrogens with two attached hydrogens (primary N) is 1. The maximum absolute atomic E-state index is 12.6. The Labute approximate surface area is 132 Å². The Kier molecular flexibility index (Phi) is 4.68. The number of aromatic nitrogens is 2. The molecule has 7 heteroatoms. The molecule has 0 fully saturated rings. The zero-order chi connectivity index (χ0) is 17.2. The largest absolute Gasteiger partial charge is 0.508 e. The minimum absolute atomic E-state index is 0.225. The number of benzene rings is 1. The number of nitrogens with zero attached hydrogens (tertiary/aromatic N) is 2. The van der Waals surface area contributed by atoms with Crippen molar-refractivity contribution in [2.45, 2.75) is 32.9 Å². The number of halogens is 3. The second kappa shape index (κ2) is 6.36. The van der Waals surface area contributed by atoms with Crippen molar-refractivity contribution in [1.82, 2.24) is 9.55 Å². The second-order valence-electron chi connectivity index (χ2n) is 5.19. The zero-order valence-corrected chi connectivity index (χ0v) is 12.9. The van der Waals surface area contributed by atoms with Gasteiger partial charge in [-0.05, 0) is 37.1 Å². The number of phenols is 1. The van der Waals surface area contributed by atoms with E-state index in [9.17, 15) is 18.3 Å². The Bertz CT molecular complexity index is 733. The van der Waals surface area contributed by atoms with Gasteiger partial charge in [-0.15, -0.1) is 0 Å². The standard InChI is InChI=1S/C16H18F3N3O/c1-3-4-15(20)22-10(2)21-9-13(22)7-11-5-6-12(8-14(11)23)16(17,18)19/h4-6,8-9,23H,3,7,20H2,1-2H3/b15-4-. The van der Waals surface area contributed by atoms with E-state index in [1.165, 1.54) is 6.07 Å². The Morgan fingerprint density at radius 2 is 2.09 bits per heavy atom. The smallest absolute Gasteiger partial charge is 0.416 e. The van der Waals surface area contributed by atoms with Gasteiger partial charge >= 0.3 is 6.18 Å². The van der Waals surface area contributed by atoms with Gasteiger partial charge in [0.15, 0.2) is 0 Å². The fourth-order valence-electron chi connectivity index (χ4n) is 2.35. The number of aryl methyl sites for hydroxylation is 1. The van der Waals surface area contributed by atoms with Crippen LogP contribution in [0.1, 0.15) is 36.0 Å². The predicted molar refractivity (Wildman–Crippen MR) is 81.6 cm³/mol. The van der Waals surface area contributed by atoms with Crippen molar-refractivity contribution in [3.8, 4) is 5.75 Å². The number of allylic oxidation sites excluding steroid dienone is 1. The van der Waals surface area contributed by atoms with Crippen molar-refractivity contribution >= 4 is 5.82 Å². The maximum atomic E-state index is 12.6. The lowest BCUT2D eigenvalue weighted by Crippen LogP contribution is -2.12. The average molecular weight is 325 g/mol. The molecular weight excluding hydrogens is 307 g/mol. The summed E-state index contributed by atoms with van der Waals surface area (Å²) >= 11 is 0. The molecule has 0 unspecified atom stereocenters. The van der Waals surface area contributed by atoms with Crippen LogP contribution in [0.4, 0.5) is 13.2 Å². The molecule has 0 saturated carbocycles. The Hall–Kier alpha value is -2.44. The van der Waals surface area contributed by atoms with Crippen molar-refractivity contribution in [1.29, 1.82) is 0 Å². The fraction of sp³-hybridized carbons (Fsp3) is 0.312. The van der Waals surface area contributed by atoms with Gasteiger partial charge < -0.3 is 10.8 Å². The van der Waals surface area contributed by atoms with Gasteiger partial charge in [-0.2, -0.15) is 13.2 Å². The van der Waals surface area contributed by atoms with E-state index in [1.54, 1.807) is 17.7 Å². The van der Waals surface area contributed by atoms with E-state index in [2.05, 4.69) is 4.98 Å². The topological polar surface area (TPSA) is 64.1 Å². The summed E-state index contributed by atoms with van der Waals surface area (Å²) in [5.41, 5.74) is 6.19. The molecule has 0 aliphatic carbocycles. The van der Waals surface area contributed by atoms with Gasteiger partial charge in [0.05, 0.1) is 5.56 Å². The van der Waals surface area contributed by atoms with Gasteiger partial charge in [-0.3, -0.25) is 4.57 Å². The first-order chi connectivity index (χ1) is 10.7. The minimum atomic E-state index is -4.48. The molecular formula is C16H18F3N3O. The SMILES string of the molecule is CC/C=C(/N)n1c(Cc2ccc(C(F)(F)F)cc2O)cnc1C. The first-order valence-electron chi connectivity index (χ1n) is 7.12. The summed E-state index contributed by atoms with van der Waals surface area (Å²) in [6, 6.07) is 2.95. The van der Waals surface area contributed by atoms with Crippen LogP contribution in [0.25, 0.3) is 5.82 Å². The zero-order valence-electron chi connectivity index (χ0n) is 12.9. The molecule has 3 N–H and O–H groups in total. The van der Waals surface area contributed by atoms with Crippen LogP contribution in [0.5, 0.6) is 5.75 Å². The van der Waals surface area contributed by atoms with Crippen molar-refractivity contribution in [3.05, 3.63) is 53.1 Å². The van der Waals surface area contributed by atoms with Crippen LogP contribution in [-0.2, 0) is 12.6 Å². The quantitative estimate of drug-likeness (QED) is 0.901. The molecule has 1 heterocycles. The van der Waals surface area contributed by atoms with Gasteiger partial charge in [0.1, 0.15) is 17.4 Å². The summed E-state index contributed by atoms with van der Waals surface area (Å²) in [4.78, 5) is 4.18. The lowest BCUT2D eigenvalue weighted by molar-refractivity contribution is -0.137. The van der Waals surface area contributed by atoms with Gasteiger partial charge in [0.25, 0.3) is 0 Å². The number of phenolic OH excluding ortho intramolecular Hbond substituents is 1. The normalized spacial score (nSPS) is 12.7. The van der Waals surface area contributed by atoms with Crippen molar-refractivity contribution in [2.75, 3.05) is 0 Å². The van der Waals surface area contributed by atoms with Gasteiger partial charge in [0, 0.05) is 18.3 Å². The molecule has 0 saturated heterocycles. The van der Waals surface area contributed by atoms with Crippen LogP contribution >= 0.6 is 0 Å². The number of rotatable bonds is 4. The van der Waals surface area contributed by atoms with Gasteiger partial charge in [-0.25, -0.2) is 4.98 Å². The molecule has 23 heavy (non-hydrogen) atoms. The van der Waals surface area contributed by atoms with Crippen LogP contribution in [-0.4, -0.2) is 14.7 Å². The predicted octanol–water partition coefficient (Wildman–Crippen LogP) is 3.67. The van der Waals surface area contributed by atoms with E-state index in [4.69, 9.17) is 5.73 Å². The van der Waals surface area contributed by atoms with Crippen molar-refractivity contribution in [3.63, 3.8) is 0 Å². The van der Waals surface area contributed by atoms with Crippen molar-refractivity contribution < 1.29 is 18.3 Å². The number of hydrogen-bond donors (Lipinski definition) is 2. The van der Waals surface area contributed by atoms with Gasteiger partial charge in [-0.1, -0.05) is 13.0 Å². The highest BCUT2D eigenvalue weighted by Gasteiger charge is 2.31. The molecule has 0 aliphatic heterocycles. The van der Waals surface area contributed by atoms with Crippen LogP contribution < -0.4 is 5.73 Å². The third kappa shape index (κ3) is 3.67. The monoisotopic (exact) mass is 325 g/mol. The summed E-state index contributed by atoms with van der Waals surface area (Å²) in [5, 5.41) is 9.88. The number of alkyl halides is 3. The van der Waals surface area contributed by atoms with Crippen LogP contribution in [0, 0.1) is 6.92 Å². The molecule has 0 radical (unpaired) electrons. The van der Waals surface area contributed by atoms with Crippen LogP contribution in [0.3, 0.4) is 0 Å². The highest BCUT2D eigenvalue weighted by molar-refractivity contribution is 5.46. The minimum Gasteiger partial charge on any atom is -0.508 e. The van der Waals surface area contributed by atoms with Crippen LogP contribution in [0.15, 0.2) is 30.5 Å². The highest BCUT2D eigenvalue weighted by Crippen LogP contribution is 2.33. The molecule has 0 amide bonds. The molecule has 2 aromatic rings. The summed E-state index contributed by atoms with van der Waals surface area (Å²) in [5.74, 6) is 0.778. The average Bonchev–Trinajstić information content (AvgIpc) is 2.81. The molecule has 2 rings (SSSR count). The number of aromatic hydroxyl groups is 1. The Balaban J connectivity index is 2.36. The highest BCUT2D eigenvalue weighted by atomic mass is 19.4. The van der Waals surface area contributed by atoms with E-state index in [0.717, 1.165) is 18.6 Å². The van der Waals surface area contributed by atoms with Gasteiger partial charge in [0.2, 0.25) is 0 Å². The first-order valence-corrected chi connectivity index (χ1v) is 7.12. The molecule has 1 aromatic heterocycles. The number of imidazole rings is 1. The third-order valence-corrected chi connectivity index (χ3v) is 3.47. The molecule has 4 nitrogen and oxygen atoms in total. The second-order valence-corrected chi connectivity index (χ2v) is 5.19. The summed E-state index contributed by atoms with van der Waals surface area (Å²) < 4.78 is 39.6. The van der Waals surface area contributed by atoms with E-state index in [1.807, 2.05) is 13.0 Å². The molecule has 0 aliphatic rings. The van der Waals surface area contributed by atoms with Crippen LogP contribution in [0.2, 0.25) is 0 Å². The Morgan fingerprint density at radius 3 is 2.65 bits per heavy atom. The molecule has 0 atom stereocenters. The van der Waals surface area contributed by atoms with Crippen molar-refractivity contribution in [2.24, 2.45) is 5.73 Å². The summed E-state index contributed by atoms with van der Waals surface area (Å²) in [7, 11) is 0. The van der Waals surface area contributed by atoms with E-state index < -0.39 is 17.5 Å². The fourth-order valence-corrected chi connectivity index (χ4v) is 2.35. The van der Waals surface area contributed by atoms with E-state index in [-0.39, 0.29) is 6.42 Å². The van der Waals surface area contributed by atoms with E-state index >= 15 is 0 Å². The maximum Gasteiger partial charge on any atom is 0.416 e. The Morgan fingerprint density at radius 1 is 1.39 bits per heavy atom. The molecule has 0 spiro atoms. The first kappa shape index (κ1) is 16.9. The van der Waals surface area contributed by atoms with E-state index in [0.29, 0.717) is 22.9 Å². The summed E-state index contributed by atoms with van der Waals surface area (Å²) in [6.45, 7) is 3.73. The lowest BCUT2D eigenvalue weighted by Gasteiger charge is -2.13. The molecule has 1 aromatic carbocycles.